The second-order valence-electron chi connectivity index (χ2n) is 7.39. The van der Waals surface area contributed by atoms with Crippen LogP contribution >= 0.6 is 11.3 Å². The van der Waals surface area contributed by atoms with E-state index >= 15 is 0 Å². The van der Waals surface area contributed by atoms with Crippen LogP contribution in [-0.4, -0.2) is 49.5 Å². The first kappa shape index (κ1) is 24.4. The minimum absolute atomic E-state index is 0.0928. The van der Waals surface area contributed by atoms with Gasteiger partial charge in [-0.25, -0.2) is 4.98 Å². The summed E-state index contributed by atoms with van der Waals surface area (Å²) in [5.41, 5.74) is 1.62. The molecular weight excluding hydrogens is 482 g/mol. The third-order valence-electron chi connectivity index (χ3n) is 4.82. The van der Waals surface area contributed by atoms with Gasteiger partial charge in [0, 0.05) is 45.1 Å². The predicted octanol–water partition coefficient (Wildman–Crippen LogP) is 4.21. The second-order valence-corrected chi connectivity index (χ2v) is 8.31. The summed E-state index contributed by atoms with van der Waals surface area (Å²) in [5, 5.41) is 13.9. The molecule has 4 N–H and O–H groups in total. The van der Waals surface area contributed by atoms with E-state index in [0.717, 1.165) is 6.42 Å². The number of thiophene rings is 1. The molecule has 0 fully saturated rings. The lowest BCUT2D eigenvalue weighted by Crippen LogP contribution is -2.25. The number of aromatic nitrogens is 2. The summed E-state index contributed by atoms with van der Waals surface area (Å²) in [6.45, 7) is 1.69. The molecule has 0 saturated heterocycles. The lowest BCUT2D eigenvalue weighted by Gasteiger charge is -2.11. The minimum atomic E-state index is -3.72. The molecular formula is C22H24F2N6O4S. The molecule has 4 rings (SSSR count). The predicted molar refractivity (Wildman–Crippen MR) is 129 cm³/mol. The Labute approximate surface area is 204 Å². The quantitative estimate of drug-likeness (QED) is 0.284. The molecule has 3 aromatic rings. The summed E-state index contributed by atoms with van der Waals surface area (Å²) in [6.07, 6.45) is -2.88. The topological polar surface area (TPSA) is 119 Å². The van der Waals surface area contributed by atoms with E-state index in [2.05, 4.69) is 40.7 Å². The van der Waals surface area contributed by atoms with E-state index in [4.69, 9.17) is 4.74 Å². The molecule has 0 saturated carbocycles. The monoisotopic (exact) mass is 506 g/mol. The van der Waals surface area contributed by atoms with Crippen molar-refractivity contribution < 1.29 is 27.8 Å². The highest BCUT2D eigenvalue weighted by Crippen LogP contribution is 2.42. The molecule has 0 bridgehead atoms. The van der Waals surface area contributed by atoms with Crippen molar-refractivity contribution in [3.8, 4) is 11.5 Å². The molecule has 0 aliphatic carbocycles. The van der Waals surface area contributed by atoms with Crippen LogP contribution in [0.2, 0.25) is 0 Å². The maximum atomic E-state index is 13.2. The van der Waals surface area contributed by atoms with E-state index in [0.29, 0.717) is 53.4 Å². The fourth-order valence-corrected chi connectivity index (χ4v) is 4.01. The number of nitrogens with zero attached hydrogens (tertiary/aromatic N) is 2. The molecule has 186 valence electrons. The highest BCUT2D eigenvalue weighted by molar-refractivity contribution is 7.12. The SMILES string of the molecule is CNc1nc(CNc2ccsc2C(=O)Nc2ccc3c(c2)OC(F)(F)O3)cc(NCCCOC)n1. The van der Waals surface area contributed by atoms with E-state index in [1.165, 1.54) is 29.5 Å². The number of halogens is 2. The van der Waals surface area contributed by atoms with Crippen LogP contribution < -0.4 is 30.7 Å². The van der Waals surface area contributed by atoms with Crippen LogP contribution in [0.3, 0.4) is 0 Å². The van der Waals surface area contributed by atoms with Crippen molar-refractivity contribution in [3.05, 3.63) is 46.3 Å². The van der Waals surface area contributed by atoms with Crippen molar-refractivity contribution >= 4 is 40.4 Å². The standard InChI is InChI=1S/C22H24F2N6O4S/c1-25-21-29-14(11-18(30-21)26-7-3-8-32-2)12-27-15-6-9-35-19(15)20(31)28-13-4-5-16-17(10-13)34-22(23,24)33-16/h4-6,9-11,27H,3,7-8,12H2,1-2H3,(H,28,31)(H2,25,26,29,30). The summed E-state index contributed by atoms with van der Waals surface area (Å²) in [5.74, 6) is 0.509. The number of carbonyl (C=O) groups is 1. The Morgan fingerprint density at radius 1 is 1.14 bits per heavy atom. The molecule has 0 radical (unpaired) electrons. The summed E-state index contributed by atoms with van der Waals surface area (Å²) in [6, 6.07) is 7.67. The number of amides is 1. The summed E-state index contributed by atoms with van der Waals surface area (Å²) in [4.78, 5) is 22.1. The zero-order chi connectivity index (χ0) is 24.8. The molecule has 1 aliphatic rings. The number of methoxy groups -OCH3 is 1. The lowest BCUT2D eigenvalue weighted by molar-refractivity contribution is -0.286. The third kappa shape index (κ3) is 6.25. The normalized spacial score (nSPS) is 13.4. The Morgan fingerprint density at radius 2 is 1.97 bits per heavy atom. The average Bonchev–Trinajstić information content (AvgIpc) is 3.42. The molecule has 3 heterocycles. The molecule has 0 unspecified atom stereocenters. The molecule has 0 atom stereocenters. The molecule has 1 aromatic carbocycles. The summed E-state index contributed by atoms with van der Waals surface area (Å²) in [7, 11) is 3.39. The average molecular weight is 507 g/mol. The van der Waals surface area contributed by atoms with Gasteiger partial charge in [-0.2, -0.15) is 4.98 Å². The van der Waals surface area contributed by atoms with Gasteiger partial charge in [0.1, 0.15) is 10.7 Å². The maximum absolute atomic E-state index is 13.2. The number of hydrogen-bond donors (Lipinski definition) is 4. The number of ether oxygens (including phenoxy) is 3. The largest absolute Gasteiger partial charge is 0.586 e. The Kier molecular flexibility index (Phi) is 7.46. The molecule has 10 nitrogen and oxygen atoms in total. The van der Waals surface area contributed by atoms with E-state index in [-0.39, 0.29) is 11.5 Å². The zero-order valence-corrected chi connectivity index (χ0v) is 19.8. The molecule has 1 aliphatic heterocycles. The Balaban J connectivity index is 1.40. The van der Waals surface area contributed by atoms with Crippen LogP contribution in [-0.2, 0) is 11.3 Å². The van der Waals surface area contributed by atoms with Crippen LogP contribution in [0.5, 0.6) is 11.5 Å². The number of hydrogen-bond acceptors (Lipinski definition) is 10. The van der Waals surface area contributed by atoms with Gasteiger partial charge in [0.15, 0.2) is 11.5 Å². The van der Waals surface area contributed by atoms with Crippen LogP contribution in [0.15, 0.2) is 35.7 Å². The second kappa shape index (κ2) is 10.7. The number of carbonyl (C=O) groups excluding carboxylic acids is 1. The molecule has 2 aromatic heterocycles. The number of rotatable bonds is 11. The zero-order valence-electron chi connectivity index (χ0n) is 19.0. The number of fused-ring (bicyclic) bond motifs is 1. The van der Waals surface area contributed by atoms with Crippen molar-refractivity contribution in [2.45, 2.75) is 19.3 Å². The molecule has 35 heavy (non-hydrogen) atoms. The van der Waals surface area contributed by atoms with Crippen LogP contribution in [0.4, 0.5) is 31.9 Å². The fourth-order valence-electron chi connectivity index (χ4n) is 3.25. The number of benzene rings is 1. The highest BCUT2D eigenvalue weighted by Gasteiger charge is 2.43. The summed E-state index contributed by atoms with van der Waals surface area (Å²) < 4.78 is 40.3. The van der Waals surface area contributed by atoms with Crippen molar-refractivity contribution in [2.24, 2.45) is 0 Å². The van der Waals surface area contributed by atoms with Gasteiger partial charge in [-0.3, -0.25) is 4.79 Å². The number of nitrogens with one attached hydrogen (secondary N) is 4. The fraction of sp³-hybridized carbons (Fsp3) is 0.318. The highest BCUT2D eigenvalue weighted by atomic mass is 32.1. The Hall–Kier alpha value is -3.71. The molecule has 1 amide bonds. The lowest BCUT2D eigenvalue weighted by atomic mass is 10.2. The van der Waals surface area contributed by atoms with Crippen molar-refractivity contribution in [1.82, 2.24) is 9.97 Å². The van der Waals surface area contributed by atoms with Gasteiger partial charge in [0.2, 0.25) is 5.95 Å². The van der Waals surface area contributed by atoms with Crippen molar-refractivity contribution in [3.63, 3.8) is 0 Å². The number of anilines is 4. The van der Waals surface area contributed by atoms with Crippen LogP contribution in [0, 0.1) is 0 Å². The summed E-state index contributed by atoms with van der Waals surface area (Å²) >= 11 is 1.24. The van der Waals surface area contributed by atoms with Gasteiger partial charge < -0.3 is 35.5 Å². The van der Waals surface area contributed by atoms with Gasteiger partial charge in [-0.15, -0.1) is 20.1 Å². The maximum Gasteiger partial charge on any atom is 0.586 e. The number of alkyl halides is 2. The van der Waals surface area contributed by atoms with E-state index < -0.39 is 12.2 Å². The van der Waals surface area contributed by atoms with Gasteiger partial charge >= 0.3 is 6.29 Å². The first-order chi connectivity index (χ1) is 16.9. The van der Waals surface area contributed by atoms with Gasteiger partial charge in [0.05, 0.1) is 17.9 Å². The molecule has 13 heteroatoms. The van der Waals surface area contributed by atoms with Crippen molar-refractivity contribution in [2.75, 3.05) is 48.6 Å². The van der Waals surface area contributed by atoms with E-state index in [1.54, 1.807) is 25.6 Å². The first-order valence-electron chi connectivity index (χ1n) is 10.7. The van der Waals surface area contributed by atoms with Crippen LogP contribution in [0.1, 0.15) is 21.8 Å². The van der Waals surface area contributed by atoms with Gasteiger partial charge in [0.25, 0.3) is 5.91 Å². The van der Waals surface area contributed by atoms with E-state index in [9.17, 15) is 13.6 Å². The van der Waals surface area contributed by atoms with Gasteiger partial charge in [-0.1, -0.05) is 0 Å². The first-order valence-corrected chi connectivity index (χ1v) is 11.6. The van der Waals surface area contributed by atoms with Gasteiger partial charge in [-0.05, 0) is 30.0 Å². The minimum Gasteiger partial charge on any atom is -0.395 e. The van der Waals surface area contributed by atoms with Crippen LogP contribution in [0.25, 0.3) is 0 Å². The smallest absolute Gasteiger partial charge is 0.395 e. The third-order valence-corrected chi connectivity index (χ3v) is 5.74. The Morgan fingerprint density at radius 3 is 2.77 bits per heavy atom. The molecule has 0 spiro atoms. The van der Waals surface area contributed by atoms with E-state index in [1.807, 2.05) is 6.07 Å². The van der Waals surface area contributed by atoms with Crippen molar-refractivity contribution in [1.29, 1.82) is 0 Å². The Bertz CT molecular complexity index is 1190.